The lowest BCUT2D eigenvalue weighted by Gasteiger charge is -2.12. The fourth-order valence-electron chi connectivity index (χ4n) is 1.91. The van der Waals surface area contributed by atoms with Crippen molar-refractivity contribution < 1.29 is 14.3 Å². The van der Waals surface area contributed by atoms with E-state index < -0.39 is 0 Å². The van der Waals surface area contributed by atoms with E-state index in [1.165, 1.54) is 0 Å². The lowest BCUT2D eigenvalue weighted by atomic mass is 9.98. The van der Waals surface area contributed by atoms with Gasteiger partial charge in [-0.25, -0.2) is 4.79 Å². The van der Waals surface area contributed by atoms with Crippen LogP contribution in [-0.4, -0.2) is 25.0 Å². The summed E-state index contributed by atoms with van der Waals surface area (Å²) >= 11 is 0. The maximum Gasteiger partial charge on any atom is 0.338 e. The van der Waals surface area contributed by atoms with Crippen LogP contribution in [0, 0.1) is 0 Å². The molecule has 1 rings (SSSR count). The molecule has 4 nitrogen and oxygen atoms in total. The molecule has 0 unspecified atom stereocenters. The molecule has 1 N–H and O–H groups in total. The minimum absolute atomic E-state index is 0.134. The molecule has 104 valence electrons. The Morgan fingerprint density at radius 1 is 1.16 bits per heavy atom. The summed E-state index contributed by atoms with van der Waals surface area (Å²) in [6, 6.07) is 5.16. The zero-order valence-electron chi connectivity index (χ0n) is 11.8. The van der Waals surface area contributed by atoms with Crippen LogP contribution in [0.2, 0.25) is 0 Å². The zero-order chi connectivity index (χ0) is 14.3. The molecular formula is C15H21NO3. The molecule has 19 heavy (non-hydrogen) atoms. The van der Waals surface area contributed by atoms with Crippen LogP contribution in [-0.2, 0) is 11.2 Å². The first-order valence-electron chi connectivity index (χ1n) is 6.72. The Labute approximate surface area is 114 Å². The van der Waals surface area contributed by atoms with Gasteiger partial charge in [-0.05, 0) is 37.5 Å². The largest absolute Gasteiger partial charge is 0.462 e. The van der Waals surface area contributed by atoms with Gasteiger partial charge in [0.2, 0.25) is 0 Å². The average Bonchev–Trinajstić information content (AvgIpc) is 2.43. The predicted octanol–water partition coefficient (Wildman–Crippen LogP) is 2.57. The smallest absolute Gasteiger partial charge is 0.338 e. The summed E-state index contributed by atoms with van der Waals surface area (Å²) in [7, 11) is 0. The van der Waals surface area contributed by atoms with Crippen molar-refractivity contribution in [1.82, 2.24) is 5.32 Å². The van der Waals surface area contributed by atoms with Gasteiger partial charge < -0.3 is 10.1 Å². The minimum atomic E-state index is -0.371. The second-order valence-corrected chi connectivity index (χ2v) is 4.16. The SMILES string of the molecule is CCCNC(=O)c1cccc(C(=O)OCC)c1CC. The van der Waals surface area contributed by atoms with E-state index in [0.29, 0.717) is 30.7 Å². The highest BCUT2D eigenvalue weighted by Crippen LogP contribution is 2.17. The molecule has 0 atom stereocenters. The van der Waals surface area contributed by atoms with Crippen LogP contribution >= 0.6 is 0 Å². The van der Waals surface area contributed by atoms with Gasteiger partial charge in [0.05, 0.1) is 12.2 Å². The maximum absolute atomic E-state index is 12.1. The second kappa shape index (κ2) is 7.56. The molecule has 1 aromatic carbocycles. The van der Waals surface area contributed by atoms with Crippen LogP contribution in [0.3, 0.4) is 0 Å². The molecule has 0 radical (unpaired) electrons. The molecule has 0 spiro atoms. The monoisotopic (exact) mass is 263 g/mol. The molecule has 4 heteroatoms. The highest BCUT2D eigenvalue weighted by molar-refractivity contribution is 6.00. The number of carbonyl (C=O) groups is 2. The van der Waals surface area contributed by atoms with Crippen molar-refractivity contribution in [2.75, 3.05) is 13.2 Å². The van der Waals surface area contributed by atoms with Gasteiger partial charge in [0, 0.05) is 12.1 Å². The summed E-state index contributed by atoms with van der Waals surface area (Å²) in [5, 5.41) is 2.83. The number of hydrogen-bond acceptors (Lipinski definition) is 3. The molecule has 0 aliphatic rings. The Morgan fingerprint density at radius 2 is 1.84 bits per heavy atom. The Hall–Kier alpha value is -1.84. The topological polar surface area (TPSA) is 55.4 Å². The summed E-state index contributed by atoms with van der Waals surface area (Å²) in [4.78, 5) is 23.9. The fourth-order valence-corrected chi connectivity index (χ4v) is 1.91. The van der Waals surface area contributed by atoms with Crippen LogP contribution in [0.5, 0.6) is 0 Å². The fraction of sp³-hybridized carbons (Fsp3) is 0.467. The first kappa shape index (κ1) is 15.2. The molecule has 0 aliphatic heterocycles. The minimum Gasteiger partial charge on any atom is -0.462 e. The normalized spacial score (nSPS) is 10.1. The molecule has 0 saturated heterocycles. The Morgan fingerprint density at radius 3 is 2.42 bits per heavy atom. The quantitative estimate of drug-likeness (QED) is 0.802. The standard InChI is InChI=1S/C15H21NO3/c1-4-10-16-14(17)12-8-7-9-13(11(12)5-2)15(18)19-6-3/h7-9H,4-6,10H2,1-3H3,(H,16,17). The van der Waals surface area contributed by atoms with Gasteiger partial charge in [0.25, 0.3) is 5.91 Å². The maximum atomic E-state index is 12.1. The van der Waals surface area contributed by atoms with Crippen molar-refractivity contribution in [3.63, 3.8) is 0 Å². The highest BCUT2D eigenvalue weighted by Gasteiger charge is 2.18. The van der Waals surface area contributed by atoms with Gasteiger partial charge in [0.15, 0.2) is 0 Å². The lowest BCUT2D eigenvalue weighted by Crippen LogP contribution is -2.26. The number of amides is 1. The molecule has 0 aromatic heterocycles. The van der Waals surface area contributed by atoms with E-state index in [0.717, 1.165) is 12.0 Å². The number of ether oxygens (including phenoxy) is 1. The van der Waals surface area contributed by atoms with Crippen molar-refractivity contribution >= 4 is 11.9 Å². The van der Waals surface area contributed by atoms with Crippen LogP contribution in [0.4, 0.5) is 0 Å². The lowest BCUT2D eigenvalue weighted by molar-refractivity contribution is 0.0525. The third-order valence-corrected chi connectivity index (χ3v) is 2.81. The van der Waals surface area contributed by atoms with Gasteiger partial charge >= 0.3 is 5.97 Å². The summed E-state index contributed by atoms with van der Waals surface area (Å²) in [6.45, 7) is 6.64. The summed E-state index contributed by atoms with van der Waals surface area (Å²) in [5.41, 5.74) is 1.78. The van der Waals surface area contributed by atoms with Gasteiger partial charge in [-0.3, -0.25) is 4.79 Å². The van der Waals surface area contributed by atoms with E-state index in [1.54, 1.807) is 25.1 Å². The third kappa shape index (κ3) is 3.81. The number of nitrogens with one attached hydrogen (secondary N) is 1. The van der Waals surface area contributed by atoms with E-state index in [4.69, 9.17) is 4.74 Å². The van der Waals surface area contributed by atoms with Crippen molar-refractivity contribution in [2.24, 2.45) is 0 Å². The highest BCUT2D eigenvalue weighted by atomic mass is 16.5. The predicted molar refractivity (Wildman–Crippen MR) is 74.4 cm³/mol. The first-order chi connectivity index (χ1) is 9.15. The van der Waals surface area contributed by atoms with Crippen LogP contribution in [0.15, 0.2) is 18.2 Å². The average molecular weight is 263 g/mol. The van der Waals surface area contributed by atoms with Gasteiger partial charge in [-0.15, -0.1) is 0 Å². The molecule has 1 aromatic rings. The summed E-state index contributed by atoms with van der Waals surface area (Å²) < 4.78 is 5.02. The van der Waals surface area contributed by atoms with Gasteiger partial charge in [-0.2, -0.15) is 0 Å². The van der Waals surface area contributed by atoms with E-state index >= 15 is 0 Å². The first-order valence-corrected chi connectivity index (χ1v) is 6.72. The number of esters is 1. The molecular weight excluding hydrogens is 242 g/mol. The number of hydrogen-bond donors (Lipinski definition) is 1. The molecule has 0 heterocycles. The number of carbonyl (C=O) groups excluding carboxylic acids is 2. The van der Waals surface area contributed by atoms with Crippen molar-refractivity contribution in [3.8, 4) is 0 Å². The Balaban J connectivity index is 3.09. The van der Waals surface area contributed by atoms with Crippen LogP contribution in [0.1, 0.15) is 53.5 Å². The summed E-state index contributed by atoms with van der Waals surface area (Å²) in [5.74, 6) is -0.505. The summed E-state index contributed by atoms with van der Waals surface area (Å²) in [6.07, 6.45) is 1.49. The Bertz CT molecular complexity index is 455. The van der Waals surface area contributed by atoms with E-state index in [9.17, 15) is 9.59 Å². The van der Waals surface area contributed by atoms with E-state index in [-0.39, 0.29) is 11.9 Å². The van der Waals surface area contributed by atoms with Crippen LogP contribution in [0.25, 0.3) is 0 Å². The molecule has 1 amide bonds. The molecule has 0 aliphatic carbocycles. The second-order valence-electron chi connectivity index (χ2n) is 4.16. The zero-order valence-corrected chi connectivity index (χ0v) is 11.8. The third-order valence-electron chi connectivity index (χ3n) is 2.81. The Kier molecular flexibility index (Phi) is 6.06. The molecule has 0 bridgehead atoms. The van der Waals surface area contributed by atoms with Crippen LogP contribution < -0.4 is 5.32 Å². The van der Waals surface area contributed by atoms with Crippen molar-refractivity contribution in [1.29, 1.82) is 0 Å². The van der Waals surface area contributed by atoms with E-state index in [2.05, 4.69) is 5.32 Å². The van der Waals surface area contributed by atoms with Crippen molar-refractivity contribution in [3.05, 3.63) is 34.9 Å². The van der Waals surface area contributed by atoms with Crippen molar-refractivity contribution in [2.45, 2.75) is 33.6 Å². The molecule has 0 fully saturated rings. The number of benzene rings is 1. The van der Waals surface area contributed by atoms with Gasteiger partial charge in [0.1, 0.15) is 0 Å². The van der Waals surface area contributed by atoms with Gasteiger partial charge in [-0.1, -0.05) is 19.9 Å². The molecule has 0 saturated carbocycles. The van der Waals surface area contributed by atoms with E-state index in [1.807, 2.05) is 13.8 Å². The number of rotatable bonds is 6.